The van der Waals surface area contributed by atoms with Gasteiger partial charge < -0.3 is 10.2 Å². The van der Waals surface area contributed by atoms with Gasteiger partial charge in [0.15, 0.2) is 0 Å². The number of aromatic hydroxyl groups is 2. The van der Waals surface area contributed by atoms with Crippen LogP contribution in [0.4, 0.5) is 0 Å². The molecule has 148 valence electrons. The van der Waals surface area contributed by atoms with Crippen LogP contribution in [0.15, 0.2) is 34.1 Å². The SMILES string of the molecule is Cc1cc(O)c(CC(C)C)cc1S(=O)(=O)c1cc(CC(C)C)c(O)cc1C. The van der Waals surface area contributed by atoms with E-state index in [0.29, 0.717) is 46.9 Å². The van der Waals surface area contributed by atoms with Crippen LogP contribution in [0.1, 0.15) is 49.9 Å². The lowest BCUT2D eigenvalue weighted by molar-refractivity contribution is 0.461. The molecular weight excluding hydrogens is 360 g/mol. The van der Waals surface area contributed by atoms with Crippen molar-refractivity contribution < 1.29 is 18.6 Å². The van der Waals surface area contributed by atoms with Crippen molar-refractivity contribution in [3.05, 3.63) is 46.5 Å². The van der Waals surface area contributed by atoms with E-state index in [-0.39, 0.29) is 21.3 Å². The number of hydrogen-bond donors (Lipinski definition) is 2. The molecule has 0 aliphatic heterocycles. The van der Waals surface area contributed by atoms with Gasteiger partial charge in [0, 0.05) is 0 Å². The van der Waals surface area contributed by atoms with Crippen molar-refractivity contribution in [1.82, 2.24) is 0 Å². The highest BCUT2D eigenvalue weighted by atomic mass is 32.2. The van der Waals surface area contributed by atoms with Gasteiger partial charge in [0.05, 0.1) is 9.79 Å². The second kappa shape index (κ2) is 7.93. The van der Waals surface area contributed by atoms with Crippen LogP contribution in [-0.2, 0) is 22.7 Å². The van der Waals surface area contributed by atoms with Crippen LogP contribution in [0.2, 0.25) is 0 Å². The van der Waals surface area contributed by atoms with Gasteiger partial charge in [0.1, 0.15) is 11.5 Å². The quantitative estimate of drug-likeness (QED) is 0.732. The number of rotatable bonds is 6. The predicted octanol–water partition coefficient (Wildman–Crippen LogP) is 4.94. The summed E-state index contributed by atoms with van der Waals surface area (Å²) in [5.74, 6) is 0.843. The molecule has 0 heterocycles. The zero-order valence-electron chi connectivity index (χ0n) is 17.0. The molecule has 0 saturated heterocycles. The molecule has 0 fully saturated rings. The van der Waals surface area contributed by atoms with Gasteiger partial charge in [0.25, 0.3) is 0 Å². The van der Waals surface area contributed by atoms with Crippen molar-refractivity contribution in [2.24, 2.45) is 11.8 Å². The monoisotopic (exact) mass is 390 g/mol. The Morgan fingerprint density at radius 2 is 1.07 bits per heavy atom. The average Bonchev–Trinajstić information content (AvgIpc) is 2.51. The molecule has 2 rings (SSSR count). The van der Waals surface area contributed by atoms with Gasteiger partial charge in [0.2, 0.25) is 9.84 Å². The van der Waals surface area contributed by atoms with Gasteiger partial charge in [-0.05, 0) is 85.0 Å². The Balaban J connectivity index is 2.65. The van der Waals surface area contributed by atoms with Gasteiger partial charge in [-0.2, -0.15) is 0 Å². The van der Waals surface area contributed by atoms with Crippen molar-refractivity contribution in [3.8, 4) is 11.5 Å². The first kappa shape index (κ1) is 21.3. The number of phenolic OH excluding ortho intramolecular Hbond substituents is 2. The first-order chi connectivity index (χ1) is 12.4. The van der Waals surface area contributed by atoms with Gasteiger partial charge >= 0.3 is 0 Å². The molecule has 0 unspecified atom stereocenters. The van der Waals surface area contributed by atoms with Crippen LogP contribution < -0.4 is 0 Å². The van der Waals surface area contributed by atoms with Crippen LogP contribution in [0, 0.1) is 25.7 Å². The Hall–Kier alpha value is -2.01. The summed E-state index contributed by atoms with van der Waals surface area (Å²) in [5, 5.41) is 20.4. The third-order valence-corrected chi connectivity index (χ3v) is 6.63. The van der Waals surface area contributed by atoms with Crippen LogP contribution in [0.25, 0.3) is 0 Å². The average molecular weight is 391 g/mol. The maximum atomic E-state index is 13.4. The lowest BCUT2D eigenvalue weighted by Crippen LogP contribution is -2.09. The zero-order chi connectivity index (χ0) is 20.5. The van der Waals surface area contributed by atoms with E-state index in [2.05, 4.69) is 0 Å². The Labute approximate surface area is 162 Å². The van der Waals surface area contributed by atoms with E-state index in [9.17, 15) is 18.6 Å². The molecule has 0 bridgehead atoms. The van der Waals surface area contributed by atoms with E-state index in [4.69, 9.17) is 0 Å². The number of aryl methyl sites for hydroxylation is 2. The molecule has 2 aromatic rings. The molecule has 0 saturated carbocycles. The van der Waals surface area contributed by atoms with E-state index in [0.717, 1.165) is 0 Å². The van der Waals surface area contributed by atoms with Crippen LogP contribution in [0.3, 0.4) is 0 Å². The fraction of sp³-hybridized carbons (Fsp3) is 0.455. The van der Waals surface area contributed by atoms with Crippen LogP contribution in [0.5, 0.6) is 11.5 Å². The largest absolute Gasteiger partial charge is 0.508 e. The molecule has 5 heteroatoms. The maximum Gasteiger partial charge on any atom is 0.207 e. The zero-order valence-corrected chi connectivity index (χ0v) is 17.8. The minimum Gasteiger partial charge on any atom is -0.508 e. The molecule has 0 aliphatic rings. The first-order valence-electron chi connectivity index (χ1n) is 9.33. The van der Waals surface area contributed by atoms with Crippen molar-refractivity contribution in [1.29, 1.82) is 0 Å². The Morgan fingerprint density at radius 1 is 0.741 bits per heavy atom. The Morgan fingerprint density at radius 3 is 1.37 bits per heavy atom. The third-order valence-electron chi connectivity index (χ3n) is 4.59. The minimum absolute atomic E-state index is 0.128. The fourth-order valence-corrected chi connectivity index (χ4v) is 5.13. The number of benzene rings is 2. The predicted molar refractivity (Wildman–Crippen MR) is 108 cm³/mol. The number of phenols is 2. The number of hydrogen-bond acceptors (Lipinski definition) is 4. The van der Waals surface area contributed by atoms with Gasteiger partial charge in [-0.3, -0.25) is 0 Å². The van der Waals surface area contributed by atoms with Gasteiger partial charge in [-0.25, -0.2) is 8.42 Å². The summed E-state index contributed by atoms with van der Waals surface area (Å²) in [6.45, 7) is 11.5. The molecule has 2 N–H and O–H groups in total. The highest BCUT2D eigenvalue weighted by molar-refractivity contribution is 7.91. The lowest BCUT2D eigenvalue weighted by Gasteiger charge is -2.16. The standard InChI is InChI=1S/C22H30O4S/c1-13(2)7-17-11-21(15(5)9-19(17)23)27(25,26)22-12-18(8-14(3)4)20(24)10-16(22)6/h9-14,23-24H,7-8H2,1-6H3. The molecule has 0 amide bonds. The van der Waals surface area contributed by atoms with Crippen molar-refractivity contribution in [2.45, 2.75) is 64.2 Å². The van der Waals surface area contributed by atoms with Gasteiger partial charge in [-0.15, -0.1) is 0 Å². The van der Waals surface area contributed by atoms with Crippen molar-refractivity contribution in [2.75, 3.05) is 0 Å². The Bertz CT molecular complexity index is 870. The summed E-state index contributed by atoms with van der Waals surface area (Å²) in [5.41, 5.74) is 2.29. The summed E-state index contributed by atoms with van der Waals surface area (Å²) >= 11 is 0. The van der Waals surface area contributed by atoms with Crippen molar-refractivity contribution >= 4 is 9.84 Å². The second-order valence-corrected chi connectivity index (χ2v) is 10.1. The molecule has 0 radical (unpaired) electrons. The normalized spacial score (nSPS) is 12.1. The summed E-state index contributed by atoms with van der Waals surface area (Å²) in [6, 6.07) is 6.23. The first-order valence-corrected chi connectivity index (χ1v) is 10.8. The molecule has 0 aliphatic carbocycles. The fourth-order valence-electron chi connectivity index (χ4n) is 3.33. The summed E-state index contributed by atoms with van der Waals surface area (Å²) < 4.78 is 26.8. The molecule has 0 spiro atoms. The van der Waals surface area contributed by atoms with E-state index < -0.39 is 9.84 Å². The topological polar surface area (TPSA) is 74.6 Å². The van der Waals surface area contributed by atoms with E-state index >= 15 is 0 Å². The highest BCUT2D eigenvalue weighted by Gasteiger charge is 2.25. The van der Waals surface area contributed by atoms with E-state index in [1.165, 1.54) is 12.1 Å². The number of sulfone groups is 1. The summed E-state index contributed by atoms with van der Waals surface area (Å²) in [7, 11) is -3.77. The van der Waals surface area contributed by atoms with Crippen LogP contribution >= 0.6 is 0 Å². The summed E-state index contributed by atoms with van der Waals surface area (Å²) in [6.07, 6.45) is 1.20. The van der Waals surface area contributed by atoms with E-state index in [1.807, 2.05) is 27.7 Å². The maximum absolute atomic E-state index is 13.4. The second-order valence-electron chi connectivity index (χ2n) is 8.19. The molecule has 0 aromatic heterocycles. The Kier molecular flexibility index (Phi) is 6.25. The molecule has 2 aromatic carbocycles. The third kappa shape index (κ3) is 4.64. The lowest BCUT2D eigenvalue weighted by atomic mass is 10.0. The molecule has 0 atom stereocenters. The van der Waals surface area contributed by atoms with Gasteiger partial charge in [-0.1, -0.05) is 27.7 Å². The molecule has 4 nitrogen and oxygen atoms in total. The minimum atomic E-state index is -3.77. The highest BCUT2D eigenvalue weighted by Crippen LogP contribution is 2.34. The summed E-state index contributed by atoms with van der Waals surface area (Å²) in [4.78, 5) is 0.417. The van der Waals surface area contributed by atoms with Crippen molar-refractivity contribution in [3.63, 3.8) is 0 Å². The molecule has 27 heavy (non-hydrogen) atoms. The molecular formula is C22H30O4S. The smallest absolute Gasteiger partial charge is 0.207 e. The van der Waals surface area contributed by atoms with E-state index in [1.54, 1.807) is 26.0 Å². The van der Waals surface area contributed by atoms with Crippen LogP contribution in [-0.4, -0.2) is 18.6 Å².